The molecular formula is C40H69N4Na3O10. The molecule has 0 aromatic heterocycles. The molecule has 0 aliphatic heterocycles. The third-order valence-electron chi connectivity index (χ3n) is 9.44. The van der Waals surface area contributed by atoms with Crippen molar-refractivity contribution in [2.24, 2.45) is 0 Å². The summed E-state index contributed by atoms with van der Waals surface area (Å²) in [5.41, 5.74) is 0. The molecule has 17 heteroatoms. The van der Waals surface area contributed by atoms with Gasteiger partial charge in [0.2, 0.25) is 23.6 Å². The average Bonchev–Trinajstić information content (AvgIpc) is 3.12. The Morgan fingerprint density at radius 2 is 0.667 bits per heavy atom. The van der Waals surface area contributed by atoms with E-state index in [0.717, 1.165) is 44.9 Å². The van der Waals surface area contributed by atoms with Gasteiger partial charge in [-0.15, -0.1) is 0 Å². The average molecular weight is 835 g/mol. The second-order valence-electron chi connectivity index (χ2n) is 14.4. The normalized spacial score (nSPS) is 12.0. The summed E-state index contributed by atoms with van der Waals surface area (Å²) in [5.74, 6) is -6.54. The zero-order valence-electron chi connectivity index (χ0n) is 36.1. The van der Waals surface area contributed by atoms with Gasteiger partial charge >= 0.3 is 88.7 Å². The molecule has 0 radical (unpaired) electrons. The summed E-state index contributed by atoms with van der Waals surface area (Å²) in [6.07, 6.45) is 19.5. The van der Waals surface area contributed by atoms with Crippen LogP contribution in [0, 0.1) is 0 Å². The predicted molar refractivity (Wildman–Crippen MR) is 200 cm³/mol. The number of amides is 4. The Labute approximate surface area is 408 Å². The van der Waals surface area contributed by atoms with Crippen molar-refractivity contribution in [3.63, 3.8) is 0 Å². The monoisotopic (exact) mass is 834 g/mol. The Kier molecular flexibility index (Phi) is 47.9. The van der Waals surface area contributed by atoms with E-state index in [2.05, 4.69) is 35.1 Å². The number of hydrogen-bond donors (Lipinski definition) is 4. The smallest absolute Gasteiger partial charge is 0.548 e. The number of rotatable bonds is 37. The molecule has 0 heterocycles. The van der Waals surface area contributed by atoms with Crippen LogP contribution in [0.5, 0.6) is 0 Å². The van der Waals surface area contributed by atoms with Gasteiger partial charge in [0.15, 0.2) is 0 Å². The molecule has 0 aromatic carbocycles. The zero-order chi connectivity index (χ0) is 40.4. The second-order valence-corrected chi connectivity index (χ2v) is 14.4. The van der Waals surface area contributed by atoms with E-state index >= 15 is 0 Å². The topological polar surface area (TPSA) is 237 Å². The summed E-state index contributed by atoms with van der Waals surface area (Å²) in [6.45, 7) is 4.51. The first kappa shape index (κ1) is 62.9. The van der Waals surface area contributed by atoms with Crippen molar-refractivity contribution >= 4 is 41.5 Å². The first-order chi connectivity index (χ1) is 25.9. The summed E-state index contributed by atoms with van der Waals surface area (Å²) in [7, 11) is 0. The van der Waals surface area contributed by atoms with Crippen LogP contribution in [0.4, 0.5) is 0 Å². The molecule has 0 rings (SSSR count). The van der Waals surface area contributed by atoms with Crippen LogP contribution in [0.2, 0.25) is 0 Å². The van der Waals surface area contributed by atoms with Crippen LogP contribution in [0.1, 0.15) is 187 Å². The van der Waals surface area contributed by atoms with Crippen molar-refractivity contribution in [2.75, 3.05) is 6.54 Å². The number of nitrogens with one attached hydrogen (secondary N) is 4. The number of carbonyl (C=O) groups is 7. The molecule has 0 aromatic rings. The summed E-state index contributed by atoms with van der Waals surface area (Å²) >= 11 is 0. The molecule has 4 N–H and O–H groups in total. The Hall–Kier alpha value is -0.710. The van der Waals surface area contributed by atoms with Gasteiger partial charge in [-0.2, -0.15) is 0 Å². The zero-order valence-corrected chi connectivity index (χ0v) is 42.1. The molecule has 57 heavy (non-hydrogen) atoms. The molecule has 0 bridgehead atoms. The van der Waals surface area contributed by atoms with Gasteiger partial charge in [-0.25, -0.2) is 0 Å². The minimum absolute atomic E-state index is 0. The van der Waals surface area contributed by atoms with Crippen LogP contribution in [0.15, 0.2) is 0 Å². The van der Waals surface area contributed by atoms with Crippen molar-refractivity contribution in [3.8, 4) is 0 Å². The summed E-state index contributed by atoms with van der Waals surface area (Å²) in [6, 6.07) is -4.04. The van der Waals surface area contributed by atoms with Crippen molar-refractivity contribution in [3.05, 3.63) is 0 Å². The molecule has 0 saturated heterocycles. The Morgan fingerprint density at radius 1 is 0.368 bits per heavy atom. The first-order valence-corrected chi connectivity index (χ1v) is 20.7. The number of carbonyl (C=O) groups excluding carboxylic acids is 7. The summed E-state index contributed by atoms with van der Waals surface area (Å²) in [4.78, 5) is 83.8. The largest absolute Gasteiger partial charge is 1.00 e. The minimum atomic E-state index is -1.54. The van der Waals surface area contributed by atoms with E-state index in [-0.39, 0.29) is 147 Å². The fourth-order valence-electron chi connectivity index (χ4n) is 6.08. The SMILES string of the molecule is CCCCCCCCCCCC(=O)NC(CCC(=O)NCCCCC(NC(=O)CCC(NC(=O)CCCCCCCCCCC)C(=O)[O-])C(=O)[O-])C(=O)[O-].[Na+].[Na+].[Na+]. The molecule has 0 saturated carbocycles. The Bertz CT molecular complexity index is 1100. The number of aliphatic carboxylic acids is 3. The van der Waals surface area contributed by atoms with Gasteiger partial charge in [0.05, 0.1) is 36.0 Å². The van der Waals surface area contributed by atoms with E-state index < -0.39 is 59.7 Å². The maximum absolute atomic E-state index is 12.4. The van der Waals surface area contributed by atoms with Gasteiger partial charge < -0.3 is 51.0 Å². The van der Waals surface area contributed by atoms with Crippen molar-refractivity contribution in [1.82, 2.24) is 21.3 Å². The number of unbranched alkanes of at least 4 members (excludes halogenated alkanes) is 17. The fraction of sp³-hybridized carbons (Fsp3) is 0.825. The third-order valence-corrected chi connectivity index (χ3v) is 9.44. The van der Waals surface area contributed by atoms with Crippen molar-refractivity contribution in [1.29, 1.82) is 0 Å². The van der Waals surface area contributed by atoms with Crippen LogP contribution in [0.25, 0.3) is 0 Å². The first-order valence-electron chi connectivity index (χ1n) is 20.7. The van der Waals surface area contributed by atoms with Crippen molar-refractivity contribution in [2.45, 2.75) is 205 Å². The molecule has 312 valence electrons. The second kappa shape index (κ2) is 43.4. The van der Waals surface area contributed by atoms with Gasteiger partial charge in [0.25, 0.3) is 0 Å². The third kappa shape index (κ3) is 39.2. The molecule has 0 aliphatic carbocycles. The predicted octanol–water partition coefficient (Wildman–Crippen LogP) is -6.61. The van der Waals surface area contributed by atoms with Gasteiger partial charge in [-0.05, 0) is 44.9 Å². The number of carboxylic acids is 3. The molecule has 14 nitrogen and oxygen atoms in total. The van der Waals surface area contributed by atoms with E-state index in [1.165, 1.54) is 57.8 Å². The van der Waals surface area contributed by atoms with E-state index in [0.29, 0.717) is 19.3 Å². The van der Waals surface area contributed by atoms with Crippen LogP contribution in [-0.2, 0) is 33.6 Å². The van der Waals surface area contributed by atoms with Crippen LogP contribution in [0.3, 0.4) is 0 Å². The molecule has 0 fully saturated rings. The van der Waals surface area contributed by atoms with E-state index in [9.17, 15) is 48.9 Å². The van der Waals surface area contributed by atoms with E-state index in [1.807, 2.05) is 0 Å². The Morgan fingerprint density at radius 3 is 1.02 bits per heavy atom. The molecule has 3 atom stereocenters. The van der Waals surface area contributed by atoms with E-state index in [1.54, 1.807) is 0 Å². The molecule has 0 spiro atoms. The van der Waals surface area contributed by atoms with Crippen molar-refractivity contribution < 1.29 is 138 Å². The molecule has 0 aliphatic rings. The van der Waals surface area contributed by atoms with Gasteiger partial charge in [-0.1, -0.05) is 117 Å². The maximum Gasteiger partial charge on any atom is 1.00 e. The quantitative estimate of drug-likeness (QED) is 0.0341. The van der Waals surface area contributed by atoms with Crippen LogP contribution in [-0.4, -0.2) is 66.2 Å². The fourth-order valence-corrected chi connectivity index (χ4v) is 6.08. The number of carboxylic acid groups (broad SMARTS) is 3. The molecule has 4 amide bonds. The summed E-state index contributed by atoms with van der Waals surface area (Å²) < 4.78 is 0. The Balaban J connectivity index is -0.00000468. The van der Waals surface area contributed by atoms with Crippen LogP contribution >= 0.6 is 0 Å². The minimum Gasteiger partial charge on any atom is -0.548 e. The standard InChI is InChI=1S/C40H72N4O10.3Na/c1-3-5-7-9-11-13-15-17-19-24-35(46)43-32(39(51)52)26-28-34(45)41-30-22-21-23-31(38(49)50)42-37(48)29-27-33(40(53)54)44-36(47)25-20-18-16-14-12-10-8-6-4-2;;;/h31-33H,3-30H2,1-2H3,(H,41,45)(H,42,48)(H,43,46)(H,44,47)(H,49,50)(H,51,52)(H,53,54);;;/q;3*+1/p-3. The van der Waals surface area contributed by atoms with Gasteiger partial charge in [0, 0.05) is 32.2 Å². The molecule has 3 unspecified atom stereocenters. The van der Waals surface area contributed by atoms with Crippen LogP contribution < -0.4 is 125 Å². The van der Waals surface area contributed by atoms with Gasteiger partial charge in [-0.3, -0.25) is 19.2 Å². The number of hydrogen-bond acceptors (Lipinski definition) is 10. The molecular weight excluding hydrogens is 765 g/mol. The van der Waals surface area contributed by atoms with E-state index in [4.69, 9.17) is 0 Å². The van der Waals surface area contributed by atoms with Gasteiger partial charge in [0.1, 0.15) is 0 Å². The summed E-state index contributed by atoms with van der Waals surface area (Å²) in [5, 5.41) is 44.4. The maximum atomic E-state index is 12.4.